The third-order valence-corrected chi connectivity index (χ3v) is 4.21. The van der Waals surface area contributed by atoms with Gasteiger partial charge < -0.3 is 4.74 Å². The number of likely N-dealkylation sites (tertiary alicyclic amines) is 1. The first kappa shape index (κ1) is 16.9. The summed E-state index contributed by atoms with van der Waals surface area (Å²) >= 11 is 0. The molecule has 0 radical (unpaired) electrons. The Labute approximate surface area is 131 Å². The summed E-state index contributed by atoms with van der Waals surface area (Å²) in [4.78, 5) is 2.43. The summed E-state index contributed by atoms with van der Waals surface area (Å²) in [7, 11) is 1.40. The molecule has 4 heteroatoms. The summed E-state index contributed by atoms with van der Waals surface area (Å²) in [5, 5.41) is 0. The summed E-state index contributed by atoms with van der Waals surface area (Å²) in [5.41, 5.74) is 1.28. The van der Waals surface area contributed by atoms with E-state index in [4.69, 9.17) is 4.74 Å². The lowest BCUT2D eigenvalue weighted by Crippen LogP contribution is -2.41. The normalized spacial score (nSPS) is 19.3. The van der Waals surface area contributed by atoms with Crippen LogP contribution >= 0.6 is 0 Å². The topological polar surface area (TPSA) is 12.5 Å². The molecule has 1 fully saturated rings. The van der Waals surface area contributed by atoms with Crippen molar-refractivity contribution in [3.8, 4) is 5.75 Å². The van der Waals surface area contributed by atoms with Gasteiger partial charge >= 0.3 is 0 Å². The van der Waals surface area contributed by atoms with E-state index in [1.54, 1.807) is 6.08 Å². The Morgan fingerprint density at radius 1 is 1.09 bits per heavy atom. The van der Waals surface area contributed by atoms with Crippen molar-refractivity contribution in [3.63, 3.8) is 0 Å². The fraction of sp³-hybridized carbons (Fsp3) is 0.556. The smallest absolute Gasteiger partial charge is 0.137 e. The van der Waals surface area contributed by atoms with Gasteiger partial charge in [-0.2, -0.15) is 0 Å². The molecule has 1 aliphatic heterocycles. The number of hydrogen-bond acceptors (Lipinski definition) is 2. The maximum absolute atomic E-state index is 14.0. The fourth-order valence-corrected chi connectivity index (χ4v) is 2.85. The Kier molecular flexibility index (Phi) is 5.22. The highest BCUT2D eigenvalue weighted by atomic mass is 19.1. The number of rotatable bonds is 2. The number of hydrogen-bond donors (Lipinski definition) is 0. The molecule has 0 amide bonds. The fourth-order valence-electron chi connectivity index (χ4n) is 2.85. The first-order valence-corrected chi connectivity index (χ1v) is 7.79. The van der Waals surface area contributed by atoms with E-state index in [0.717, 1.165) is 37.9 Å². The SMILES string of the molecule is COc1cc(F)c(C=C2CCCN(C(C)(C)C)CC2)c(F)c1. The van der Waals surface area contributed by atoms with E-state index in [9.17, 15) is 8.78 Å². The Bertz CT molecular complexity index is 538. The minimum Gasteiger partial charge on any atom is -0.497 e. The molecule has 2 nitrogen and oxygen atoms in total. The van der Waals surface area contributed by atoms with Crippen molar-refractivity contribution in [2.45, 2.75) is 45.6 Å². The zero-order valence-corrected chi connectivity index (χ0v) is 13.9. The van der Waals surface area contributed by atoms with Crippen molar-refractivity contribution in [1.82, 2.24) is 4.90 Å². The second-order valence-electron chi connectivity index (χ2n) is 6.82. The van der Waals surface area contributed by atoms with Gasteiger partial charge in [-0.15, -0.1) is 0 Å². The van der Waals surface area contributed by atoms with Crippen LogP contribution in [0.2, 0.25) is 0 Å². The summed E-state index contributed by atoms with van der Waals surface area (Å²) in [6, 6.07) is 2.46. The molecule has 0 atom stereocenters. The summed E-state index contributed by atoms with van der Waals surface area (Å²) < 4.78 is 33.0. The van der Waals surface area contributed by atoms with E-state index in [1.165, 1.54) is 19.2 Å². The van der Waals surface area contributed by atoms with E-state index >= 15 is 0 Å². The monoisotopic (exact) mass is 309 g/mol. The van der Waals surface area contributed by atoms with E-state index in [0.29, 0.717) is 0 Å². The average Bonchev–Trinajstić information content (AvgIpc) is 2.67. The summed E-state index contributed by atoms with van der Waals surface area (Å²) in [6.45, 7) is 8.54. The Hall–Kier alpha value is -1.42. The number of methoxy groups -OCH3 is 1. The number of nitrogens with zero attached hydrogens (tertiary/aromatic N) is 1. The quantitative estimate of drug-likeness (QED) is 0.789. The predicted molar refractivity (Wildman–Crippen MR) is 86.1 cm³/mol. The molecule has 122 valence electrons. The van der Waals surface area contributed by atoms with Gasteiger partial charge in [0.25, 0.3) is 0 Å². The standard InChI is InChI=1S/C18H25F2NO/c1-18(2,3)21-8-5-6-13(7-9-21)10-15-16(19)11-14(22-4)12-17(15)20/h10-12H,5-9H2,1-4H3. The summed E-state index contributed by atoms with van der Waals surface area (Å²) in [5.74, 6) is -0.931. The molecule has 1 aliphatic rings. The molecule has 0 aliphatic carbocycles. The van der Waals surface area contributed by atoms with Crippen LogP contribution in [0, 0.1) is 11.6 Å². The number of halogens is 2. The second kappa shape index (κ2) is 6.78. The highest BCUT2D eigenvalue weighted by Gasteiger charge is 2.23. The molecule has 1 aromatic carbocycles. The molecule has 1 heterocycles. The molecular formula is C18H25F2NO. The second-order valence-corrected chi connectivity index (χ2v) is 6.82. The van der Waals surface area contributed by atoms with Crippen LogP contribution in [0.15, 0.2) is 17.7 Å². The van der Waals surface area contributed by atoms with Crippen molar-refractivity contribution in [2.75, 3.05) is 20.2 Å². The first-order valence-electron chi connectivity index (χ1n) is 7.79. The molecule has 0 spiro atoms. The van der Waals surface area contributed by atoms with Crippen molar-refractivity contribution in [2.24, 2.45) is 0 Å². The highest BCUT2D eigenvalue weighted by Crippen LogP contribution is 2.27. The van der Waals surface area contributed by atoms with Crippen LogP contribution in [0.3, 0.4) is 0 Å². The minimum atomic E-state index is -0.568. The highest BCUT2D eigenvalue weighted by molar-refractivity contribution is 5.55. The molecule has 1 saturated heterocycles. The Morgan fingerprint density at radius 3 is 2.27 bits per heavy atom. The van der Waals surface area contributed by atoms with Crippen molar-refractivity contribution < 1.29 is 13.5 Å². The van der Waals surface area contributed by atoms with Gasteiger partial charge in [0.2, 0.25) is 0 Å². The molecule has 1 aromatic rings. The van der Waals surface area contributed by atoms with E-state index in [2.05, 4.69) is 25.7 Å². The van der Waals surface area contributed by atoms with Crippen LogP contribution in [0.5, 0.6) is 5.75 Å². The van der Waals surface area contributed by atoms with Crippen LogP contribution in [0.25, 0.3) is 6.08 Å². The average molecular weight is 309 g/mol. The Morgan fingerprint density at radius 2 is 1.73 bits per heavy atom. The molecule has 0 N–H and O–H groups in total. The molecule has 22 heavy (non-hydrogen) atoms. The van der Waals surface area contributed by atoms with Gasteiger partial charge in [0.1, 0.15) is 17.4 Å². The van der Waals surface area contributed by atoms with Crippen LogP contribution in [0.1, 0.15) is 45.6 Å². The number of ether oxygens (including phenoxy) is 1. The summed E-state index contributed by atoms with van der Waals surface area (Å²) in [6.07, 6.45) is 4.43. The molecule has 0 unspecified atom stereocenters. The van der Waals surface area contributed by atoms with Gasteiger partial charge in [-0.05, 0) is 52.7 Å². The lowest BCUT2D eigenvalue weighted by molar-refractivity contribution is 0.143. The van der Waals surface area contributed by atoms with Gasteiger partial charge in [0, 0.05) is 29.8 Å². The molecule has 0 aromatic heterocycles. The van der Waals surface area contributed by atoms with Crippen LogP contribution < -0.4 is 4.74 Å². The van der Waals surface area contributed by atoms with E-state index in [-0.39, 0.29) is 16.9 Å². The number of benzene rings is 1. The van der Waals surface area contributed by atoms with Crippen LogP contribution in [-0.4, -0.2) is 30.6 Å². The van der Waals surface area contributed by atoms with E-state index in [1.807, 2.05) is 0 Å². The molecule has 0 bridgehead atoms. The molecule has 0 saturated carbocycles. The maximum Gasteiger partial charge on any atom is 0.137 e. The largest absolute Gasteiger partial charge is 0.497 e. The zero-order valence-electron chi connectivity index (χ0n) is 13.9. The van der Waals surface area contributed by atoms with Crippen LogP contribution in [-0.2, 0) is 0 Å². The first-order chi connectivity index (χ1) is 10.3. The molecular weight excluding hydrogens is 284 g/mol. The van der Waals surface area contributed by atoms with Crippen molar-refractivity contribution in [3.05, 3.63) is 34.9 Å². The van der Waals surface area contributed by atoms with E-state index < -0.39 is 11.6 Å². The van der Waals surface area contributed by atoms with Gasteiger partial charge in [-0.25, -0.2) is 8.78 Å². The lowest BCUT2D eigenvalue weighted by Gasteiger charge is -2.34. The van der Waals surface area contributed by atoms with Crippen molar-refractivity contribution >= 4 is 6.08 Å². The zero-order chi connectivity index (χ0) is 16.3. The van der Waals surface area contributed by atoms with Gasteiger partial charge in [0.15, 0.2) is 0 Å². The minimum absolute atomic E-state index is 0.0417. The third kappa shape index (κ3) is 4.07. The lowest BCUT2D eigenvalue weighted by atomic mass is 10.0. The van der Waals surface area contributed by atoms with Crippen molar-refractivity contribution in [1.29, 1.82) is 0 Å². The molecule has 2 rings (SSSR count). The predicted octanol–water partition coefficient (Wildman–Crippen LogP) is 4.64. The third-order valence-electron chi connectivity index (χ3n) is 4.21. The van der Waals surface area contributed by atoms with Crippen LogP contribution in [0.4, 0.5) is 8.78 Å². The maximum atomic E-state index is 14.0. The van der Waals surface area contributed by atoms with Gasteiger partial charge in [0.05, 0.1) is 7.11 Å². The van der Waals surface area contributed by atoms with Gasteiger partial charge in [-0.1, -0.05) is 5.57 Å². The van der Waals surface area contributed by atoms with Gasteiger partial charge in [-0.3, -0.25) is 4.90 Å². The Balaban J connectivity index is 2.20.